The minimum atomic E-state index is -0.467. The molecule has 0 unspecified atom stereocenters. The SMILES string of the molecule is COc1c(C)cc(CN(C)CC(C)(CO)CO)cc1C. The zero-order valence-corrected chi connectivity index (χ0v) is 13.2. The van der Waals surface area contributed by atoms with Gasteiger partial charge in [0.1, 0.15) is 5.75 Å². The Hall–Kier alpha value is -1.10. The van der Waals surface area contributed by atoms with Crippen molar-refractivity contribution in [3.63, 3.8) is 0 Å². The number of ether oxygens (including phenoxy) is 1. The van der Waals surface area contributed by atoms with E-state index in [0.29, 0.717) is 6.54 Å². The van der Waals surface area contributed by atoms with Crippen LogP contribution in [0.25, 0.3) is 0 Å². The van der Waals surface area contributed by atoms with Gasteiger partial charge in [0.05, 0.1) is 20.3 Å². The Balaban J connectivity index is 2.79. The molecule has 0 amide bonds. The van der Waals surface area contributed by atoms with E-state index >= 15 is 0 Å². The molecular weight excluding hydrogens is 254 g/mol. The number of nitrogens with zero attached hydrogens (tertiary/aromatic N) is 1. The lowest BCUT2D eigenvalue weighted by atomic mass is 9.92. The average molecular weight is 281 g/mol. The van der Waals surface area contributed by atoms with E-state index < -0.39 is 5.41 Å². The molecule has 4 heteroatoms. The van der Waals surface area contributed by atoms with Crippen molar-refractivity contribution in [2.45, 2.75) is 27.3 Å². The Kier molecular flexibility index (Phi) is 5.99. The van der Waals surface area contributed by atoms with Gasteiger partial charge < -0.3 is 19.8 Å². The van der Waals surface area contributed by atoms with Gasteiger partial charge in [0.15, 0.2) is 0 Å². The fourth-order valence-corrected chi connectivity index (χ4v) is 2.62. The average Bonchev–Trinajstić information content (AvgIpc) is 2.38. The third-order valence-corrected chi connectivity index (χ3v) is 3.59. The number of aliphatic hydroxyl groups excluding tert-OH is 2. The van der Waals surface area contributed by atoms with Crippen LogP contribution < -0.4 is 4.74 Å². The molecule has 0 aliphatic rings. The molecule has 0 aliphatic carbocycles. The maximum Gasteiger partial charge on any atom is 0.124 e. The van der Waals surface area contributed by atoms with Crippen molar-refractivity contribution in [2.75, 3.05) is 33.9 Å². The Morgan fingerprint density at radius 2 is 1.65 bits per heavy atom. The van der Waals surface area contributed by atoms with Gasteiger partial charge >= 0.3 is 0 Å². The van der Waals surface area contributed by atoms with Crippen molar-refractivity contribution >= 4 is 0 Å². The van der Waals surface area contributed by atoms with Crippen LogP contribution in [0.15, 0.2) is 12.1 Å². The monoisotopic (exact) mass is 281 g/mol. The Bertz CT molecular complexity index is 418. The van der Waals surface area contributed by atoms with Crippen molar-refractivity contribution < 1.29 is 14.9 Å². The summed E-state index contributed by atoms with van der Waals surface area (Å²) in [5.41, 5.74) is 3.00. The highest BCUT2D eigenvalue weighted by Crippen LogP contribution is 2.25. The van der Waals surface area contributed by atoms with E-state index in [0.717, 1.165) is 23.4 Å². The number of methoxy groups -OCH3 is 1. The van der Waals surface area contributed by atoms with Crippen LogP contribution in [0, 0.1) is 19.3 Å². The van der Waals surface area contributed by atoms with Crippen LogP contribution in [0.2, 0.25) is 0 Å². The van der Waals surface area contributed by atoms with Crippen molar-refractivity contribution in [1.29, 1.82) is 0 Å². The Labute approximate surface area is 122 Å². The number of hydrogen-bond acceptors (Lipinski definition) is 4. The first-order valence-electron chi connectivity index (χ1n) is 6.89. The smallest absolute Gasteiger partial charge is 0.124 e. The minimum absolute atomic E-state index is 0.0193. The first kappa shape index (κ1) is 17.0. The second kappa shape index (κ2) is 7.07. The van der Waals surface area contributed by atoms with Crippen molar-refractivity contribution in [2.24, 2.45) is 5.41 Å². The van der Waals surface area contributed by atoms with Crippen LogP contribution in [0.3, 0.4) is 0 Å². The topological polar surface area (TPSA) is 52.9 Å². The zero-order valence-electron chi connectivity index (χ0n) is 13.2. The van der Waals surface area contributed by atoms with E-state index in [1.165, 1.54) is 5.56 Å². The molecule has 0 atom stereocenters. The van der Waals surface area contributed by atoms with Crippen LogP contribution >= 0.6 is 0 Å². The lowest BCUT2D eigenvalue weighted by Gasteiger charge is -2.30. The molecule has 0 fully saturated rings. The van der Waals surface area contributed by atoms with Gasteiger partial charge in [-0.25, -0.2) is 0 Å². The summed E-state index contributed by atoms with van der Waals surface area (Å²) < 4.78 is 5.37. The molecule has 0 spiro atoms. The predicted octanol–water partition coefficient (Wildman–Crippen LogP) is 1.73. The molecule has 0 aromatic heterocycles. The largest absolute Gasteiger partial charge is 0.496 e. The second-order valence-electron chi connectivity index (χ2n) is 6.06. The highest BCUT2D eigenvalue weighted by Gasteiger charge is 2.24. The summed E-state index contributed by atoms with van der Waals surface area (Å²) in [4.78, 5) is 2.12. The van der Waals surface area contributed by atoms with Gasteiger partial charge in [-0.15, -0.1) is 0 Å². The molecule has 0 saturated carbocycles. The molecule has 1 aromatic rings. The van der Waals surface area contributed by atoms with Gasteiger partial charge in [0.25, 0.3) is 0 Å². The van der Waals surface area contributed by atoms with E-state index in [4.69, 9.17) is 4.74 Å². The van der Waals surface area contributed by atoms with Gasteiger partial charge in [0, 0.05) is 18.5 Å². The maximum atomic E-state index is 9.35. The summed E-state index contributed by atoms with van der Waals surface area (Å²) >= 11 is 0. The molecule has 0 bridgehead atoms. The van der Waals surface area contributed by atoms with Gasteiger partial charge in [-0.2, -0.15) is 0 Å². The quantitative estimate of drug-likeness (QED) is 0.799. The first-order chi connectivity index (χ1) is 9.35. The molecule has 0 radical (unpaired) electrons. The van der Waals surface area contributed by atoms with Crippen molar-refractivity contribution in [3.8, 4) is 5.75 Å². The van der Waals surface area contributed by atoms with Gasteiger partial charge in [-0.1, -0.05) is 19.1 Å². The number of benzene rings is 1. The highest BCUT2D eigenvalue weighted by molar-refractivity contribution is 5.43. The van der Waals surface area contributed by atoms with Gasteiger partial charge in [0.2, 0.25) is 0 Å². The molecule has 2 N–H and O–H groups in total. The summed E-state index contributed by atoms with van der Waals surface area (Å²) in [6.07, 6.45) is 0. The van der Waals surface area contributed by atoms with E-state index in [2.05, 4.69) is 17.0 Å². The summed E-state index contributed by atoms with van der Waals surface area (Å²) in [6.45, 7) is 7.35. The molecule has 1 aromatic carbocycles. The maximum absolute atomic E-state index is 9.35. The Morgan fingerprint density at radius 1 is 1.15 bits per heavy atom. The van der Waals surface area contributed by atoms with E-state index in [9.17, 15) is 10.2 Å². The molecule has 1 rings (SSSR count). The van der Waals surface area contributed by atoms with Crippen LogP contribution in [0.1, 0.15) is 23.6 Å². The standard InChI is InChI=1S/C16H27NO3/c1-12-6-14(7-13(2)15(12)20-5)8-17(4)9-16(3,10-18)11-19/h6-7,18-19H,8-11H2,1-5H3. The number of aryl methyl sites for hydroxylation is 2. The summed E-state index contributed by atoms with van der Waals surface area (Å²) in [6, 6.07) is 4.25. The van der Waals surface area contributed by atoms with Crippen molar-refractivity contribution in [3.05, 3.63) is 28.8 Å². The first-order valence-corrected chi connectivity index (χ1v) is 6.89. The zero-order chi connectivity index (χ0) is 15.3. The molecule has 20 heavy (non-hydrogen) atoms. The van der Waals surface area contributed by atoms with E-state index in [-0.39, 0.29) is 13.2 Å². The van der Waals surface area contributed by atoms with Gasteiger partial charge in [-0.05, 0) is 37.6 Å². The molecule has 114 valence electrons. The van der Waals surface area contributed by atoms with Crippen LogP contribution in [0.5, 0.6) is 5.75 Å². The van der Waals surface area contributed by atoms with Gasteiger partial charge in [-0.3, -0.25) is 0 Å². The number of hydrogen-bond donors (Lipinski definition) is 2. The fraction of sp³-hybridized carbons (Fsp3) is 0.625. The Morgan fingerprint density at radius 3 is 2.05 bits per heavy atom. The summed E-state index contributed by atoms with van der Waals surface area (Å²) in [7, 11) is 3.69. The van der Waals surface area contributed by atoms with Crippen LogP contribution in [-0.2, 0) is 6.54 Å². The molecule has 0 heterocycles. The molecular formula is C16H27NO3. The lowest BCUT2D eigenvalue weighted by molar-refractivity contribution is 0.0402. The van der Waals surface area contributed by atoms with Crippen molar-refractivity contribution in [1.82, 2.24) is 4.90 Å². The molecule has 4 nitrogen and oxygen atoms in total. The van der Waals surface area contributed by atoms with E-state index in [1.54, 1.807) is 7.11 Å². The van der Waals surface area contributed by atoms with Crippen LogP contribution in [-0.4, -0.2) is 49.0 Å². The molecule has 0 aliphatic heterocycles. The normalized spacial score (nSPS) is 12.0. The second-order valence-corrected chi connectivity index (χ2v) is 6.06. The van der Waals surface area contributed by atoms with Crippen LogP contribution in [0.4, 0.5) is 0 Å². The van der Waals surface area contributed by atoms with E-state index in [1.807, 2.05) is 27.8 Å². The third kappa shape index (κ3) is 4.20. The fourth-order valence-electron chi connectivity index (χ4n) is 2.62. The lowest BCUT2D eigenvalue weighted by Crippen LogP contribution is -2.38. The number of rotatable bonds is 7. The molecule has 0 saturated heterocycles. The third-order valence-electron chi connectivity index (χ3n) is 3.59. The highest BCUT2D eigenvalue weighted by atomic mass is 16.5. The summed E-state index contributed by atoms with van der Waals surface area (Å²) in [5, 5.41) is 18.7. The predicted molar refractivity (Wildman–Crippen MR) is 81.1 cm³/mol. The summed E-state index contributed by atoms with van der Waals surface area (Å²) in [5.74, 6) is 0.937. The number of aliphatic hydroxyl groups is 2. The minimum Gasteiger partial charge on any atom is -0.496 e.